The predicted octanol–water partition coefficient (Wildman–Crippen LogP) is 6.17. The molecular formula is C38H35N6O3S2+. The molecular weight excluding hydrogens is 653 g/mol. The van der Waals surface area contributed by atoms with Crippen LogP contribution in [0.2, 0.25) is 0 Å². The van der Waals surface area contributed by atoms with Crippen molar-refractivity contribution in [3.8, 4) is 6.07 Å². The van der Waals surface area contributed by atoms with Gasteiger partial charge in [0, 0.05) is 36.1 Å². The molecule has 11 heteroatoms. The van der Waals surface area contributed by atoms with Gasteiger partial charge in [-0.1, -0.05) is 60.7 Å². The number of rotatable bonds is 10. The Kier molecular flexibility index (Phi) is 9.12. The van der Waals surface area contributed by atoms with Crippen LogP contribution >= 0.6 is 11.3 Å². The van der Waals surface area contributed by atoms with Crippen LogP contribution < -0.4 is 9.62 Å². The first kappa shape index (κ1) is 32.4. The van der Waals surface area contributed by atoms with Crippen molar-refractivity contribution in [3.05, 3.63) is 149 Å². The molecule has 9 nitrogen and oxygen atoms in total. The minimum Gasteiger partial charge on any atom is -0.328 e. The molecule has 0 bridgehead atoms. The van der Waals surface area contributed by atoms with Gasteiger partial charge in [-0.25, -0.2) is 22.7 Å². The van der Waals surface area contributed by atoms with Gasteiger partial charge < -0.3 is 9.88 Å². The number of anilines is 1. The van der Waals surface area contributed by atoms with Gasteiger partial charge in [0.05, 0.1) is 53.9 Å². The van der Waals surface area contributed by atoms with Crippen LogP contribution in [0, 0.1) is 11.3 Å². The number of fused-ring (bicyclic) bond motifs is 1. The third-order valence-corrected chi connectivity index (χ3v) is 12.0. The van der Waals surface area contributed by atoms with Crippen LogP contribution in [0.3, 0.4) is 0 Å². The fraction of sp³-hybridized carbons (Fsp3) is 0.184. The van der Waals surface area contributed by atoms with E-state index in [9.17, 15) is 18.5 Å². The van der Waals surface area contributed by atoms with Crippen LogP contribution in [-0.2, 0) is 29.7 Å². The molecule has 4 aromatic carbocycles. The van der Waals surface area contributed by atoms with Gasteiger partial charge in [-0.2, -0.15) is 5.26 Å². The van der Waals surface area contributed by atoms with Crippen molar-refractivity contribution in [1.82, 2.24) is 14.9 Å². The number of nitrogens with zero attached hydrogens (tertiary/aromatic N) is 5. The molecule has 1 amide bonds. The molecule has 0 radical (unpaired) electrons. The molecule has 0 unspecified atom stereocenters. The summed E-state index contributed by atoms with van der Waals surface area (Å²) in [5.41, 5.74) is 3.86. The standard InChI is InChI=1S/C38H35N6O3S2/c39-23-29-11-13-30(14-12-29)25-42-28-41-24-34(42)26-43(49(46,47)35-9-5-2-6-10-35)33-15-16-36-32(21-33)22-37(48-36)38(45)44(19-17-40-18-20-44)27-31-7-3-1-4-8-31/h1-16,21-22,24,28,40H,17-20,25-27H2/q+1. The molecule has 1 aliphatic rings. The molecule has 1 saturated heterocycles. The van der Waals surface area contributed by atoms with Crippen molar-refractivity contribution in [1.29, 1.82) is 5.26 Å². The lowest BCUT2D eigenvalue weighted by molar-refractivity contribution is -0.864. The lowest BCUT2D eigenvalue weighted by atomic mass is 10.1. The zero-order valence-electron chi connectivity index (χ0n) is 26.8. The van der Waals surface area contributed by atoms with Gasteiger partial charge in [-0.15, -0.1) is 11.3 Å². The van der Waals surface area contributed by atoms with Crippen molar-refractivity contribution < 1.29 is 17.7 Å². The molecule has 3 heterocycles. The third-order valence-electron chi connectivity index (χ3n) is 9.06. The smallest absolute Gasteiger partial charge is 0.328 e. The second-order valence-electron chi connectivity index (χ2n) is 12.3. The Morgan fingerprint density at radius 1 is 0.918 bits per heavy atom. The van der Waals surface area contributed by atoms with Crippen LogP contribution in [0.15, 0.2) is 127 Å². The monoisotopic (exact) mass is 687 g/mol. The van der Waals surface area contributed by atoms with E-state index in [2.05, 4.69) is 28.5 Å². The van der Waals surface area contributed by atoms with Crippen molar-refractivity contribution in [2.45, 2.75) is 24.5 Å². The molecule has 49 heavy (non-hydrogen) atoms. The van der Waals surface area contributed by atoms with Crippen LogP contribution in [0.4, 0.5) is 5.69 Å². The van der Waals surface area contributed by atoms with E-state index >= 15 is 0 Å². The van der Waals surface area contributed by atoms with Gasteiger partial charge in [0.15, 0.2) is 0 Å². The first-order valence-corrected chi connectivity index (χ1v) is 18.4. The zero-order chi connectivity index (χ0) is 33.8. The van der Waals surface area contributed by atoms with Crippen LogP contribution in [0.5, 0.6) is 0 Å². The SMILES string of the molecule is N#Cc1ccc(Cn2cncc2CN(c2ccc3sc(C(=O)[N+]4(Cc5ccccc5)CCNCC4)cc3c2)S(=O)(=O)c2ccccc2)cc1. The minimum atomic E-state index is -3.99. The summed E-state index contributed by atoms with van der Waals surface area (Å²) < 4.78 is 33.1. The van der Waals surface area contributed by atoms with Crippen LogP contribution in [-0.4, -0.2) is 54.5 Å². The topological polar surface area (TPSA) is 108 Å². The number of thiophene rings is 1. The number of aromatic nitrogens is 2. The van der Waals surface area contributed by atoms with Gasteiger partial charge >= 0.3 is 5.91 Å². The lowest BCUT2D eigenvalue weighted by Crippen LogP contribution is -2.61. The highest BCUT2D eigenvalue weighted by atomic mass is 32.2. The molecule has 246 valence electrons. The summed E-state index contributed by atoms with van der Waals surface area (Å²) in [5.74, 6) is 0.0913. The summed E-state index contributed by atoms with van der Waals surface area (Å²) in [5, 5.41) is 13.4. The first-order chi connectivity index (χ1) is 23.8. The van der Waals surface area contributed by atoms with E-state index in [4.69, 9.17) is 0 Å². The Labute approximate surface area is 289 Å². The first-order valence-electron chi connectivity index (χ1n) is 16.1. The Morgan fingerprint density at radius 2 is 1.63 bits per heavy atom. The number of nitriles is 1. The summed E-state index contributed by atoms with van der Waals surface area (Å²) in [6, 6.07) is 35.5. The quantitative estimate of drug-likeness (QED) is 0.173. The van der Waals surface area contributed by atoms with Gasteiger partial charge in [0.25, 0.3) is 10.0 Å². The van der Waals surface area contributed by atoms with E-state index < -0.39 is 10.0 Å². The molecule has 0 spiro atoms. The largest absolute Gasteiger partial charge is 0.356 e. The molecule has 2 aromatic heterocycles. The fourth-order valence-corrected chi connectivity index (χ4v) is 8.92. The molecule has 1 fully saturated rings. The normalized spacial score (nSPS) is 14.3. The number of hydrogen-bond acceptors (Lipinski definition) is 7. The van der Waals surface area contributed by atoms with Crippen LogP contribution in [0.1, 0.15) is 32.1 Å². The summed E-state index contributed by atoms with van der Waals surface area (Å²) in [4.78, 5) is 19.5. The highest BCUT2D eigenvalue weighted by Crippen LogP contribution is 2.35. The van der Waals surface area contributed by atoms with E-state index in [1.54, 1.807) is 55.0 Å². The van der Waals surface area contributed by atoms with Crippen molar-refractivity contribution in [2.75, 3.05) is 30.5 Å². The summed E-state index contributed by atoms with van der Waals surface area (Å²) in [6.07, 6.45) is 3.37. The molecule has 0 saturated carbocycles. The molecule has 0 aliphatic carbocycles. The molecule has 0 atom stereocenters. The summed E-state index contributed by atoms with van der Waals surface area (Å²) in [6.45, 7) is 4.06. The molecule has 1 N–H and O–H groups in total. The number of sulfonamides is 1. The lowest BCUT2D eigenvalue weighted by Gasteiger charge is -2.38. The molecule has 6 aromatic rings. The van der Waals surface area contributed by atoms with Gasteiger partial charge in [0.1, 0.15) is 11.4 Å². The number of imidazole rings is 1. The Bertz CT molecular complexity index is 2240. The van der Waals surface area contributed by atoms with Crippen molar-refractivity contribution in [3.63, 3.8) is 0 Å². The number of piperazine rings is 1. The number of carbonyl (C=O) groups excluding carboxylic acids is 1. The number of amides is 1. The zero-order valence-corrected chi connectivity index (χ0v) is 28.4. The van der Waals surface area contributed by atoms with Gasteiger partial charge in [0.2, 0.25) is 0 Å². The second kappa shape index (κ2) is 13.8. The summed E-state index contributed by atoms with van der Waals surface area (Å²) in [7, 11) is -3.99. The van der Waals surface area contributed by atoms with Crippen molar-refractivity contribution in [2.24, 2.45) is 0 Å². The second-order valence-corrected chi connectivity index (χ2v) is 15.2. The average molecular weight is 688 g/mol. The van der Waals surface area contributed by atoms with Gasteiger partial charge in [-0.05, 0) is 59.5 Å². The highest BCUT2D eigenvalue weighted by molar-refractivity contribution is 7.92. The number of nitrogens with one attached hydrogen (secondary N) is 1. The maximum atomic E-state index is 14.3. The number of carbonyl (C=O) groups is 1. The fourth-order valence-electron chi connectivity index (χ4n) is 6.40. The number of benzene rings is 4. The van der Waals surface area contributed by atoms with E-state index in [0.29, 0.717) is 52.5 Å². The Morgan fingerprint density at radius 3 is 2.35 bits per heavy atom. The van der Waals surface area contributed by atoms with E-state index in [0.717, 1.165) is 34.3 Å². The maximum Gasteiger partial charge on any atom is 0.356 e. The Balaban J connectivity index is 1.23. The van der Waals surface area contributed by atoms with E-state index in [1.165, 1.54) is 15.6 Å². The van der Waals surface area contributed by atoms with E-state index in [1.807, 2.05) is 59.2 Å². The molecule has 1 aliphatic heterocycles. The average Bonchev–Trinajstić information content (AvgIpc) is 3.78. The molecule has 7 rings (SSSR count). The third kappa shape index (κ3) is 6.77. The Hall–Kier alpha value is -5.12. The summed E-state index contributed by atoms with van der Waals surface area (Å²) >= 11 is 1.46. The van der Waals surface area contributed by atoms with Gasteiger partial charge in [-0.3, -0.25) is 4.31 Å². The minimum absolute atomic E-state index is 0.0407. The van der Waals surface area contributed by atoms with E-state index in [-0.39, 0.29) is 17.3 Å². The number of quaternary nitrogens is 1. The number of hydrogen-bond donors (Lipinski definition) is 1. The predicted molar refractivity (Wildman–Crippen MR) is 191 cm³/mol. The highest BCUT2D eigenvalue weighted by Gasteiger charge is 2.40. The van der Waals surface area contributed by atoms with Crippen LogP contribution in [0.25, 0.3) is 10.1 Å². The maximum absolute atomic E-state index is 14.3. The van der Waals surface area contributed by atoms with Crippen molar-refractivity contribution >= 4 is 43.0 Å².